The van der Waals surface area contributed by atoms with Gasteiger partial charge in [-0.25, -0.2) is 0 Å². The average Bonchev–Trinajstić information content (AvgIpc) is 3.28. The van der Waals surface area contributed by atoms with E-state index in [1.165, 1.54) is 6.92 Å². The molecule has 1 aliphatic heterocycles. The molecule has 1 aromatic heterocycles. The highest BCUT2D eigenvalue weighted by Crippen LogP contribution is 2.26. The third-order valence-electron chi connectivity index (χ3n) is 4.19. The van der Waals surface area contributed by atoms with Gasteiger partial charge in [0, 0.05) is 26.1 Å². The zero-order valence-electron chi connectivity index (χ0n) is 14.8. The van der Waals surface area contributed by atoms with Gasteiger partial charge in [-0.3, -0.25) is 14.7 Å². The standard InChI is InChI=1S/C18H22N4O4/c1-12(23)19-13-7-8-22(10-13)18(24)15-9-14(20-21-15)11-26-17-6-4-3-5-16(17)25-2/h3-6,9,13H,7-8,10-11H2,1-2H3,(H,19,23)(H,20,21)/t13-/m1/s1. The van der Waals surface area contributed by atoms with Crippen LogP contribution in [-0.4, -0.2) is 53.2 Å². The first kappa shape index (κ1) is 17.8. The molecule has 2 heterocycles. The van der Waals surface area contributed by atoms with Gasteiger partial charge in [0.1, 0.15) is 6.61 Å². The normalized spacial score (nSPS) is 16.4. The highest BCUT2D eigenvalue weighted by molar-refractivity contribution is 5.92. The minimum atomic E-state index is -0.155. The lowest BCUT2D eigenvalue weighted by Gasteiger charge is -2.15. The van der Waals surface area contributed by atoms with Gasteiger partial charge in [0.25, 0.3) is 5.91 Å². The zero-order chi connectivity index (χ0) is 18.5. The summed E-state index contributed by atoms with van der Waals surface area (Å²) in [7, 11) is 1.58. The molecule has 2 N–H and O–H groups in total. The SMILES string of the molecule is COc1ccccc1OCc1cc(C(=O)N2CC[C@@H](NC(C)=O)C2)n[nH]1. The monoisotopic (exact) mass is 358 g/mol. The van der Waals surface area contributed by atoms with E-state index in [2.05, 4.69) is 15.5 Å². The Balaban J connectivity index is 1.57. The van der Waals surface area contributed by atoms with Gasteiger partial charge in [0.15, 0.2) is 17.2 Å². The fourth-order valence-electron chi connectivity index (χ4n) is 2.95. The molecule has 138 valence electrons. The van der Waals surface area contributed by atoms with Crippen LogP contribution in [0.5, 0.6) is 11.5 Å². The van der Waals surface area contributed by atoms with Gasteiger partial charge in [0.2, 0.25) is 5.91 Å². The number of hydrogen-bond donors (Lipinski definition) is 2. The van der Waals surface area contributed by atoms with Gasteiger partial charge in [-0.05, 0) is 24.6 Å². The lowest BCUT2D eigenvalue weighted by molar-refractivity contribution is -0.119. The molecule has 1 atom stereocenters. The summed E-state index contributed by atoms with van der Waals surface area (Å²) in [5.41, 5.74) is 1.03. The molecule has 1 saturated heterocycles. The Morgan fingerprint density at radius 1 is 1.35 bits per heavy atom. The maximum absolute atomic E-state index is 12.5. The summed E-state index contributed by atoms with van der Waals surface area (Å²) < 4.78 is 11.0. The molecule has 8 heteroatoms. The molecule has 1 aromatic carbocycles. The van der Waals surface area contributed by atoms with Crippen LogP contribution in [0.2, 0.25) is 0 Å². The third-order valence-corrected chi connectivity index (χ3v) is 4.19. The van der Waals surface area contributed by atoms with Gasteiger partial charge in [-0.15, -0.1) is 0 Å². The zero-order valence-corrected chi connectivity index (χ0v) is 14.8. The summed E-state index contributed by atoms with van der Waals surface area (Å²) in [6.45, 7) is 2.82. The number of nitrogens with one attached hydrogen (secondary N) is 2. The van der Waals surface area contributed by atoms with Crippen LogP contribution in [0.4, 0.5) is 0 Å². The van der Waals surface area contributed by atoms with E-state index in [4.69, 9.17) is 9.47 Å². The van der Waals surface area contributed by atoms with Crippen molar-refractivity contribution >= 4 is 11.8 Å². The predicted molar refractivity (Wildman–Crippen MR) is 94.0 cm³/mol. The van der Waals surface area contributed by atoms with Crippen LogP contribution in [0, 0.1) is 0 Å². The number of carbonyl (C=O) groups excluding carboxylic acids is 2. The molecule has 26 heavy (non-hydrogen) atoms. The van der Waals surface area contributed by atoms with E-state index in [-0.39, 0.29) is 24.5 Å². The van der Waals surface area contributed by atoms with Gasteiger partial charge in [-0.1, -0.05) is 12.1 Å². The molecule has 1 aliphatic rings. The second kappa shape index (κ2) is 7.90. The number of aromatic nitrogens is 2. The van der Waals surface area contributed by atoms with E-state index in [0.29, 0.717) is 36.0 Å². The molecule has 0 unspecified atom stereocenters. The van der Waals surface area contributed by atoms with Crippen molar-refractivity contribution in [1.29, 1.82) is 0 Å². The number of nitrogens with zero attached hydrogens (tertiary/aromatic N) is 2. The van der Waals surface area contributed by atoms with E-state index in [0.717, 1.165) is 6.42 Å². The largest absolute Gasteiger partial charge is 0.493 e. The molecule has 0 saturated carbocycles. The molecule has 3 rings (SSSR count). The highest BCUT2D eigenvalue weighted by atomic mass is 16.5. The number of hydrogen-bond acceptors (Lipinski definition) is 5. The number of ether oxygens (including phenoxy) is 2. The molecule has 0 radical (unpaired) electrons. The van der Waals surface area contributed by atoms with Crippen LogP contribution >= 0.6 is 0 Å². The topological polar surface area (TPSA) is 96.6 Å². The Bertz CT molecular complexity index is 789. The molecule has 1 fully saturated rings. The summed E-state index contributed by atoms with van der Waals surface area (Å²) in [6.07, 6.45) is 0.750. The van der Waals surface area contributed by atoms with Gasteiger partial charge in [-0.2, -0.15) is 5.10 Å². The number of aromatic amines is 1. The number of carbonyl (C=O) groups is 2. The average molecular weight is 358 g/mol. The molecule has 8 nitrogen and oxygen atoms in total. The van der Waals surface area contributed by atoms with Crippen molar-refractivity contribution in [2.45, 2.75) is 26.0 Å². The number of rotatable bonds is 6. The fourth-order valence-corrected chi connectivity index (χ4v) is 2.95. The first-order valence-electron chi connectivity index (χ1n) is 8.43. The molecule has 2 amide bonds. The van der Waals surface area contributed by atoms with Crippen LogP contribution in [0.3, 0.4) is 0 Å². The molecular weight excluding hydrogens is 336 g/mol. The Labute approximate surface area is 151 Å². The summed E-state index contributed by atoms with van der Waals surface area (Å²) >= 11 is 0. The summed E-state index contributed by atoms with van der Waals surface area (Å²) in [5, 5.41) is 9.75. The maximum atomic E-state index is 12.5. The number of para-hydroxylation sites is 2. The van der Waals surface area contributed by atoms with Gasteiger partial charge >= 0.3 is 0 Å². The highest BCUT2D eigenvalue weighted by Gasteiger charge is 2.28. The predicted octanol–water partition coefficient (Wildman–Crippen LogP) is 1.35. The number of H-pyrrole nitrogens is 1. The van der Waals surface area contributed by atoms with Crippen molar-refractivity contribution in [3.63, 3.8) is 0 Å². The quantitative estimate of drug-likeness (QED) is 0.812. The smallest absolute Gasteiger partial charge is 0.274 e. The molecule has 0 bridgehead atoms. The second-order valence-electron chi connectivity index (χ2n) is 6.16. The summed E-state index contributed by atoms with van der Waals surface area (Å²) in [4.78, 5) is 25.4. The fraction of sp³-hybridized carbons (Fsp3) is 0.389. The molecular formula is C18H22N4O4. The van der Waals surface area contributed by atoms with Crippen LogP contribution in [-0.2, 0) is 11.4 Å². The maximum Gasteiger partial charge on any atom is 0.274 e. The summed E-state index contributed by atoms with van der Waals surface area (Å²) in [5.74, 6) is 1.03. The van der Waals surface area contributed by atoms with E-state index < -0.39 is 0 Å². The Morgan fingerprint density at radius 3 is 2.85 bits per heavy atom. The number of benzene rings is 1. The van der Waals surface area contributed by atoms with Crippen LogP contribution < -0.4 is 14.8 Å². The van der Waals surface area contributed by atoms with E-state index >= 15 is 0 Å². The van der Waals surface area contributed by atoms with Crippen LogP contribution in [0.15, 0.2) is 30.3 Å². The van der Waals surface area contributed by atoms with E-state index in [1.54, 1.807) is 18.1 Å². The molecule has 2 aromatic rings. The minimum absolute atomic E-state index is 0.00346. The number of likely N-dealkylation sites (tertiary alicyclic amines) is 1. The van der Waals surface area contributed by atoms with E-state index in [9.17, 15) is 9.59 Å². The number of amides is 2. The molecule has 0 spiro atoms. The van der Waals surface area contributed by atoms with Crippen molar-refractivity contribution in [3.05, 3.63) is 41.7 Å². The Hall–Kier alpha value is -3.03. The van der Waals surface area contributed by atoms with Crippen molar-refractivity contribution in [1.82, 2.24) is 20.4 Å². The van der Waals surface area contributed by atoms with Gasteiger partial charge in [0.05, 0.1) is 12.8 Å². The lowest BCUT2D eigenvalue weighted by atomic mass is 10.2. The van der Waals surface area contributed by atoms with Crippen molar-refractivity contribution < 1.29 is 19.1 Å². The summed E-state index contributed by atoms with van der Waals surface area (Å²) in [6, 6.07) is 9.04. The molecule has 0 aliphatic carbocycles. The van der Waals surface area contributed by atoms with Gasteiger partial charge < -0.3 is 19.7 Å². The lowest BCUT2D eigenvalue weighted by Crippen LogP contribution is -2.37. The number of methoxy groups -OCH3 is 1. The van der Waals surface area contributed by atoms with Crippen LogP contribution in [0.1, 0.15) is 29.5 Å². The first-order chi connectivity index (χ1) is 12.6. The second-order valence-corrected chi connectivity index (χ2v) is 6.16. The van der Waals surface area contributed by atoms with Crippen molar-refractivity contribution in [3.8, 4) is 11.5 Å². The van der Waals surface area contributed by atoms with Crippen molar-refractivity contribution in [2.24, 2.45) is 0 Å². The third kappa shape index (κ3) is 4.14. The van der Waals surface area contributed by atoms with Crippen LogP contribution in [0.25, 0.3) is 0 Å². The minimum Gasteiger partial charge on any atom is -0.493 e. The Morgan fingerprint density at radius 2 is 2.12 bits per heavy atom. The van der Waals surface area contributed by atoms with Crippen molar-refractivity contribution in [2.75, 3.05) is 20.2 Å². The Kier molecular flexibility index (Phi) is 5.40. The first-order valence-corrected chi connectivity index (χ1v) is 8.43. The van der Waals surface area contributed by atoms with E-state index in [1.807, 2.05) is 24.3 Å².